The van der Waals surface area contributed by atoms with Gasteiger partial charge >= 0.3 is 0 Å². The van der Waals surface area contributed by atoms with Crippen molar-refractivity contribution in [3.63, 3.8) is 0 Å². The molecule has 1 saturated carbocycles. The van der Waals surface area contributed by atoms with Crippen LogP contribution in [0.4, 0.5) is 4.39 Å². The second-order valence-electron chi connectivity index (χ2n) is 5.02. The lowest BCUT2D eigenvalue weighted by Crippen LogP contribution is -2.38. The van der Waals surface area contributed by atoms with Crippen molar-refractivity contribution in [2.24, 2.45) is 5.92 Å². The van der Waals surface area contributed by atoms with Gasteiger partial charge in [-0.3, -0.25) is 4.79 Å². The highest BCUT2D eigenvalue weighted by Gasteiger charge is 2.46. The van der Waals surface area contributed by atoms with Gasteiger partial charge in [0.15, 0.2) is 0 Å². The lowest BCUT2D eigenvalue weighted by Gasteiger charge is -2.11. The van der Waals surface area contributed by atoms with Gasteiger partial charge < -0.3 is 10.6 Å². The molecule has 0 radical (unpaired) electrons. The predicted octanol–water partition coefficient (Wildman–Crippen LogP) is 2.31. The Bertz CT molecular complexity index is 460. The summed E-state index contributed by atoms with van der Waals surface area (Å²) in [5.74, 6) is -0.583. The van der Waals surface area contributed by atoms with Gasteiger partial charge in [-0.25, -0.2) is 4.39 Å². The Labute approximate surface area is 117 Å². The fraction of sp³-hybridized carbons (Fsp3) is 0.500. The van der Waals surface area contributed by atoms with E-state index in [0.717, 1.165) is 0 Å². The van der Waals surface area contributed by atoms with E-state index in [2.05, 4.69) is 10.6 Å². The number of hydrogen-bond donors (Lipinski definition) is 2. The molecule has 3 atom stereocenters. The third-order valence-corrected chi connectivity index (χ3v) is 3.90. The molecule has 1 aliphatic rings. The minimum Gasteiger partial charge on any atom is -0.354 e. The van der Waals surface area contributed by atoms with Crippen molar-refractivity contribution in [3.8, 4) is 0 Å². The third kappa shape index (κ3) is 3.25. The third-order valence-electron chi connectivity index (χ3n) is 3.57. The molecule has 1 aromatic carbocycles. The van der Waals surface area contributed by atoms with Crippen LogP contribution in [0.2, 0.25) is 5.02 Å². The van der Waals surface area contributed by atoms with Gasteiger partial charge in [0.25, 0.3) is 0 Å². The van der Waals surface area contributed by atoms with E-state index in [4.69, 9.17) is 11.6 Å². The smallest absolute Gasteiger partial charge is 0.223 e. The van der Waals surface area contributed by atoms with E-state index in [0.29, 0.717) is 23.6 Å². The van der Waals surface area contributed by atoms with E-state index >= 15 is 0 Å². The van der Waals surface area contributed by atoms with Crippen LogP contribution in [-0.4, -0.2) is 25.5 Å². The lowest BCUT2D eigenvalue weighted by atomic mass is 10.1. The van der Waals surface area contributed by atoms with Crippen molar-refractivity contribution in [1.82, 2.24) is 10.6 Å². The van der Waals surface area contributed by atoms with Crippen molar-refractivity contribution in [3.05, 3.63) is 34.6 Å². The summed E-state index contributed by atoms with van der Waals surface area (Å²) in [6, 6.07) is 4.85. The number of benzene rings is 1. The van der Waals surface area contributed by atoms with Crippen LogP contribution < -0.4 is 10.6 Å². The standard InChI is InChI=1S/C14H18ClFN2O/c1-8(17-2)7-18-14(19)10-6-9(10)13-11(15)4-3-5-12(13)16/h3-5,8-10,17H,6-7H2,1-2H3,(H,18,19). The van der Waals surface area contributed by atoms with Crippen LogP contribution >= 0.6 is 11.6 Å². The molecule has 2 N–H and O–H groups in total. The molecule has 1 amide bonds. The molecule has 0 aromatic heterocycles. The van der Waals surface area contributed by atoms with E-state index in [1.165, 1.54) is 6.07 Å². The summed E-state index contributed by atoms with van der Waals surface area (Å²) in [6.07, 6.45) is 0.667. The molecule has 3 nitrogen and oxygen atoms in total. The summed E-state index contributed by atoms with van der Waals surface area (Å²) in [5, 5.41) is 6.32. The molecule has 2 rings (SSSR count). The molecular formula is C14H18ClFN2O. The monoisotopic (exact) mass is 284 g/mol. The number of hydrogen-bond acceptors (Lipinski definition) is 2. The zero-order valence-electron chi connectivity index (χ0n) is 11.0. The highest BCUT2D eigenvalue weighted by atomic mass is 35.5. The Morgan fingerprint density at radius 1 is 1.58 bits per heavy atom. The number of nitrogens with one attached hydrogen (secondary N) is 2. The zero-order valence-corrected chi connectivity index (χ0v) is 11.8. The van der Waals surface area contributed by atoms with Crippen LogP contribution in [0.5, 0.6) is 0 Å². The number of carbonyl (C=O) groups is 1. The fourth-order valence-electron chi connectivity index (χ4n) is 2.16. The molecule has 0 bridgehead atoms. The molecule has 104 valence electrons. The normalized spacial score (nSPS) is 22.9. The lowest BCUT2D eigenvalue weighted by molar-refractivity contribution is -0.122. The molecule has 5 heteroatoms. The molecule has 0 aliphatic heterocycles. The van der Waals surface area contributed by atoms with Crippen molar-refractivity contribution < 1.29 is 9.18 Å². The number of halogens is 2. The summed E-state index contributed by atoms with van der Waals surface area (Å²) >= 11 is 6.00. The van der Waals surface area contributed by atoms with E-state index in [1.807, 2.05) is 14.0 Å². The second kappa shape index (κ2) is 5.88. The van der Waals surface area contributed by atoms with Crippen LogP contribution in [-0.2, 0) is 4.79 Å². The maximum absolute atomic E-state index is 13.7. The molecule has 19 heavy (non-hydrogen) atoms. The summed E-state index contributed by atoms with van der Waals surface area (Å²) < 4.78 is 13.7. The molecule has 1 fully saturated rings. The average Bonchev–Trinajstić information content (AvgIpc) is 3.15. The predicted molar refractivity (Wildman–Crippen MR) is 73.8 cm³/mol. The number of carbonyl (C=O) groups excluding carboxylic acids is 1. The minimum atomic E-state index is -0.323. The molecule has 0 heterocycles. The zero-order chi connectivity index (χ0) is 14.0. The van der Waals surface area contributed by atoms with Crippen LogP contribution in [0, 0.1) is 11.7 Å². The topological polar surface area (TPSA) is 41.1 Å². The van der Waals surface area contributed by atoms with E-state index < -0.39 is 0 Å². The van der Waals surface area contributed by atoms with Gasteiger partial charge in [-0.05, 0) is 32.5 Å². The average molecular weight is 285 g/mol. The number of amides is 1. The molecule has 0 saturated heterocycles. The Balaban J connectivity index is 1.95. The van der Waals surface area contributed by atoms with Gasteiger partial charge in [0.05, 0.1) is 0 Å². The first-order valence-electron chi connectivity index (χ1n) is 6.43. The first-order valence-corrected chi connectivity index (χ1v) is 6.81. The number of likely N-dealkylation sites (N-methyl/N-ethyl adjacent to an activating group) is 1. The molecule has 1 aliphatic carbocycles. The van der Waals surface area contributed by atoms with Gasteiger partial charge in [0, 0.05) is 35.0 Å². The van der Waals surface area contributed by atoms with Crippen molar-refractivity contribution in [1.29, 1.82) is 0 Å². The first-order chi connectivity index (χ1) is 9.04. The van der Waals surface area contributed by atoms with Crippen LogP contribution in [0.15, 0.2) is 18.2 Å². The van der Waals surface area contributed by atoms with Gasteiger partial charge in [-0.15, -0.1) is 0 Å². The largest absolute Gasteiger partial charge is 0.354 e. The molecule has 3 unspecified atom stereocenters. The number of rotatable bonds is 5. The van der Waals surface area contributed by atoms with Crippen LogP contribution in [0.1, 0.15) is 24.8 Å². The van der Waals surface area contributed by atoms with Crippen molar-refractivity contribution in [2.45, 2.75) is 25.3 Å². The second-order valence-corrected chi connectivity index (χ2v) is 5.43. The van der Waals surface area contributed by atoms with Crippen LogP contribution in [0.25, 0.3) is 0 Å². The summed E-state index contributed by atoms with van der Waals surface area (Å²) in [4.78, 5) is 11.9. The van der Waals surface area contributed by atoms with Gasteiger partial charge in [-0.2, -0.15) is 0 Å². The Hall–Kier alpha value is -1.13. The first kappa shape index (κ1) is 14.3. The van der Waals surface area contributed by atoms with Crippen LogP contribution in [0.3, 0.4) is 0 Å². The van der Waals surface area contributed by atoms with Crippen molar-refractivity contribution >= 4 is 17.5 Å². The highest BCUT2D eigenvalue weighted by Crippen LogP contribution is 2.50. The summed E-state index contributed by atoms with van der Waals surface area (Å²) in [7, 11) is 1.84. The van der Waals surface area contributed by atoms with E-state index in [-0.39, 0.29) is 29.6 Å². The minimum absolute atomic E-state index is 0.0218. The fourth-order valence-corrected chi connectivity index (χ4v) is 2.46. The summed E-state index contributed by atoms with van der Waals surface area (Å²) in [5.41, 5.74) is 0.478. The Morgan fingerprint density at radius 3 is 2.95 bits per heavy atom. The van der Waals surface area contributed by atoms with Gasteiger partial charge in [0.1, 0.15) is 5.82 Å². The Kier molecular flexibility index (Phi) is 4.42. The van der Waals surface area contributed by atoms with E-state index in [1.54, 1.807) is 12.1 Å². The SMILES string of the molecule is CNC(C)CNC(=O)C1CC1c1c(F)cccc1Cl. The summed E-state index contributed by atoms with van der Waals surface area (Å²) in [6.45, 7) is 2.56. The molecule has 0 spiro atoms. The molecular weight excluding hydrogens is 267 g/mol. The Morgan fingerprint density at radius 2 is 2.32 bits per heavy atom. The van der Waals surface area contributed by atoms with Crippen molar-refractivity contribution in [2.75, 3.05) is 13.6 Å². The highest BCUT2D eigenvalue weighted by molar-refractivity contribution is 6.31. The van der Waals surface area contributed by atoms with Gasteiger partial charge in [0.2, 0.25) is 5.91 Å². The maximum atomic E-state index is 13.7. The molecule has 1 aromatic rings. The quantitative estimate of drug-likeness (QED) is 0.871. The maximum Gasteiger partial charge on any atom is 0.223 e. The van der Waals surface area contributed by atoms with E-state index in [9.17, 15) is 9.18 Å². The van der Waals surface area contributed by atoms with Gasteiger partial charge in [-0.1, -0.05) is 17.7 Å².